The summed E-state index contributed by atoms with van der Waals surface area (Å²) in [5.41, 5.74) is 3.30. The lowest BCUT2D eigenvalue weighted by Gasteiger charge is -2.19. The molecule has 7 heteroatoms. The lowest BCUT2D eigenvalue weighted by molar-refractivity contribution is 0.0522. The number of amides is 1. The predicted octanol–water partition coefficient (Wildman–Crippen LogP) is 4.04. The zero-order chi connectivity index (χ0) is 20.3. The molecule has 146 valence electrons. The average molecular weight is 381 g/mol. The van der Waals surface area contributed by atoms with Gasteiger partial charge in [0, 0.05) is 11.9 Å². The van der Waals surface area contributed by atoms with Crippen LogP contribution in [0.2, 0.25) is 0 Å². The predicted molar refractivity (Wildman–Crippen MR) is 106 cm³/mol. The Morgan fingerprint density at radius 2 is 1.96 bits per heavy atom. The van der Waals surface area contributed by atoms with Gasteiger partial charge in [-0.2, -0.15) is 5.10 Å². The summed E-state index contributed by atoms with van der Waals surface area (Å²) in [6, 6.07) is 11.2. The molecule has 7 nitrogen and oxygen atoms in total. The van der Waals surface area contributed by atoms with Crippen LogP contribution < -0.4 is 5.32 Å². The van der Waals surface area contributed by atoms with Crippen LogP contribution in [0.15, 0.2) is 42.6 Å². The largest absolute Gasteiger partial charge is 0.465 e. The van der Waals surface area contributed by atoms with Crippen LogP contribution in [-0.4, -0.2) is 35.0 Å². The van der Waals surface area contributed by atoms with Crippen LogP contribution >= 0.6 is 0 Å². The number of benzene rings is 2. The van der Waals surface area contributed by atoms with Gasteiger partial charge in [-0.25, -0.2) is 9.59 Å². The number of carbonyl (C=O) groups excluding carboxylic acids is 2. The molecule has 3 rings (SSSR count). The molecule has 0 radical (unpaired) electrons. The van der Waals surface area contributed by atoms with Crippen LogP contribution in [0.1, 0.15) is 36.7 Å². The molecular weight excluding hydrogens is 358 g/mol. The number of rotatable bonds is 4. The third-order valence-electron chi connectivity index (χ3n) is 4.05. The van der Waals surface area contributed by atoms with E-state index in [1.165, 1.54) is 7.11 Å². The van der Waals surface area contributed by atoms with Crippen LogP contribution in [0, 0.1) is 0 Å². The van der Waals surface area contributed by atoms with E-state index < -0.39 is 17.7 Å². The first-order valence-corrected chi connectivity index (χ1v) is 8.88. The van der Waals surface area contributed by atoms with E-state index in [1.54, 1.807) is 18.3 Å². The molecule has 0 spiro atoms. The van der Waals surface area contributed by atoms with E-state index in [0.29, 0.717) is 12.1 Å². The number of aromatic nitrogens is 2. The van der Waals surface area contributed by atoms with Gasteiger partial charge in [0.25, 0.3) is 0 Å². The number of ether oxygens (including phenoxy) is 2. The minimum absolute atomic E-state index is 0.327. The van der Waals surface area contributed by atoms with E-state index in [1.807, 2.05) is 45.0 Å². The maximum atomic E-state index is 12.0. The number of hydrogen-bond acceptors (Lipinski definition) is 5. The quantitative estimate of drug-likeness (QED) is 0.665. The Labute approximate surface area is 163 Å². The van der Waals surface area contributed by atoms with Gasteiger partial charge in [0.2, 0.25) is 0 Å². The molecule has 0 aliphatic heterocycles. The van der Waals surface area contributed by atoms with Crippen LogP contribution in [-0.2, 0) is 16.0 Å². The van der Waals surface area contributed by atoms with Gasteiger partial charge in [-0.3, -0.25) is 5.10 Å². The first-order valence-electron chi connectivity index (χ1n) is 8.88. The van der Waals surface area contributed by atoms with Crippen molar-refractivity contribution >= 4 is 23.0 Å². The highest BCUT2D eigenvalue weighted by Crippen LogP contribution is 2.30. The van der Waals surface area contributed by atoms with Gasteiger partial charge in [0.05, 0.1) is 24.4 Å². The molecule has 28 heavy (non-hydrogen) atoms. The molecule has 0 atom stereocenters. The van der Waals surface area contributed by atoms with E-state index in [4.69, 9.17) is 9.47 Å². The van der Waals surface area contributed by atoms with Crippen molar-refractivity contribution in [3.63, 3.8) is 0 Å². The number of fused-ring (bicyclic) bond motifs is 1. The van der Waals surface area contributed by atoms with Crippen molar-refractivity contribution in [2.75, 3.05) is 7.11 Å². The third kappa shape index (κ3) is 4.49. The van der Waals surface area contributed by atoms with Crippen LogP contribution in [0.25, 0.3) is 22.0 Å². The fraction of sp³-hybridized carbons (Fsp3) is 0.286. The fourth-order valence-electron chi connectivity index (χ4n) is 2.86. The molecule has 2 N–H and O–H groups in total. The Morgan fingerprint density at radius 3 is 2.68 bits per heavy atom. The summed E-state index contributed by atoms with van der Waals surface area (Å²) in [5, 5.41) is 10.6. The third-order valence-corrected chi connectivity index (χ3v) is 4.05. The topological polar surface area (TPSA) is 93.3 Å². The summed E-state index contributed by atoms with van der Waals surface area (Å²) in [7, 11) is 1.35. The van der Waals surface area contributed by atoms with E-state index >= 15 is 0 Å². The van der Waals surface area contributed by atoms with Crippen molar-refractivity contribution in [3.05, 3.63) is 53.7 Å². The number of nitrogens with zero attached hydrogens (tertiary/aromatic N) is 1. The number of hydrogen-bond donors (Lipinski definition) is 2. The van der Waals surface area contributed by atoms with Crippen molar-refractivity contribution in [2.24, 2.45) is 0 Å². The second kappa shape index (κ2) is 7.72. The standard InChI is InChI=1S/C21H23N3O4/c1-21(2,3)28-20(26)22-11-13-6-5-7-14(8-13)16-9-15(19(25)27-4)10-18-17(16)12-23-24-18/h5-10,12H,11H2,1-4H3,(H,22,26)(H,23,24). The van der Waals surface area contributed by atoms with E-state index in [2.05, 4.69) is 15.5 Å². The summed E-state index contributed by atoms with van der Waals surface area (Å²) in [6.07, 6.45) is 1.25. The summed E-state index contributed by atoms with van der Waals surface area (Å²) < 4.78 is 10.1. The number of aromatic amines is 1. The maximum Gasteiger partial charge on any atom is 0.407 e. The summed E-state index contributed by atoms with van der Waals surface area (Å²) in [4.78, 5) is 23.9. The van der Waals surface area contributed by atoms with Gasteiger partial charge in [-0.1, -0.05) is 18.2 Å². The van der Waals surface area contributed by atoms with Gasteiger partial charge < -0.3 is 14.8 Å². The lowest BCUT2D eigenvalue weighted by atomic mass is 9.97. The Morgan fingerprint density at radius 1 is 1.18 bits per heavy atom. The summed E-state index contributed by atoms with van der Waals surface area (Å²) in [6.45, 7) is 5.78. The van der Waals surface area contributed by atoms with Crippen molar-refractivity contribution in [2.45, 2.75) is 32.9 Å². The Bertz CT molecular complexity index is 1020. The van der Waals surface area contributed by atoms with Gasteiger partial charge in [-0.15, -0.1) is 0 Å². The normalized spacial score (nSPS) is 11.3. The number of carbonyl (C=O) groups is 2. The van der Waals surface area contributed by atoms with Crippen LogP contribution in [0.4, 0.5) is 4.79 Å². The minimum atomic E-state index is -0.548. The SMILES string of the molecule is COC(=O)c1cc(-c2cccc(CNC(=O)OC(C)(C)C)c2)c2cn[nH]c2c1. The average Bonchev–Trinajstić information content (AvgIpc) is 3.12. The molecule has 1 aromatic heterocycles. The van der Waals surface area contributed by atoms with Crippen LogP contribution in [0.3, 0.4) is 0 Å². The number of nitrogens with one attached hydrogen (secondary N) is 2. The van der Waals surface area contributed by atoms with Gasteiger partial charge in [0.15, 0.2) is 0 Å². The summed E-state index contributed by atoms with van der Waals surface area (Å²) >= 11 is 0. The van der Waals surface area contributed by atoms with E-state index in [0.717, 1.165) is 27.6 Å². The number of alkyl carbamates (subject to hydrolysis) is 1. The fourth-order valence-corrected chi connectivity index (χ4v) is 2.86. The first kappa shape index (κ1) is 19.4. The molecule has 2 aromatic carbocycles. The molecule has 0 bridgehead atoms. The second-order valence-electron chi connectivity index (χ2n) is 7.40. The monoisotopic (exact) mass is 381 g/mol. The lowest BCUT2D eigenvalue weighted by Crippen LogP contribution is -2.32. The Hall–Kier alpha value is -3.35. The van der Waals surface area contributed by atoms with Crippen molar-refractivity contribution in [1.29, 1.82) is 0 Å². The molecule has 0 saturated heterocycles. The van der Waals surface area contributed by atoms with Crippen molar-refractivity contribution in [1.82, 2.24) is 15.5 Å². The smallest absolute Gasteiger partial charge is 0.407 e. The number of esters is 1. The highest BCUT2D eigenvalue weighted by molar-refractivity contribution is 6.01. The van der Waals surface area contributed by atoms with Gasteiger partial charge in [0.1, 0.15) is 5.60 Å². The molecule has 0 saturated carbocycles. The van der Waals surface area contributed by atoms with Crippen molar-refractivity contribution < 1.29 is 19.1 Å². The molecule has 0 unspecified atom stereocenters. The van der Waals surface area contributed by atoms with Crippen LogP contribution in [0.5, 0.6) is 0 Å². The van der Waals surface area contributed by atoms with Gasteiger partial charge in [-0.05, 0) is 55.7 Å². The molecule has 0 aliphatic carbocycles. The Balaban J connectivity index is 1.89. The molecular formula is C21H23N3O4. The van der Waals surface area contributed by atoms with Crippen molar-refractivity contribution in [3.8, 4) is 11.1 Å². The highest BCUT2D eigenvalue weighted by atomic mass is 16.6. The molecule has 1 amide bonds. The summed E-state index contributed by atoms with van der Waals surface area (Å²) in [5.74, 6) is -0.416. The molecule has 3 aromatic rings. The number of H-pyrrole nitrogens is 1. The molecule has 0 aliphatic rings. The van der Waals surface area contributed by atoms with E-state index in [9.17, 15) is 9.59 Å². The van der Waals surface area contributed by atoms with Gasteiger partial charge >= 0.3 is 12.1 Å². The molecule has 0 fully saturated rings. The maximum absolute atomic E-state index is 12.0. The molecule has 1 heterocycles. The Kier molecular flexibility index (Phi) is 5.35. The number of methoxy groups -OCH3 is 1. The minimum Gasteiger partial charge on any atom is -0.465 e. The first-order chi connectivity index (χ1) is 13.3. The second-order valence-corrected chi connectivity index (χ2v) is 7.40. The zero-order valence-corrected chi connectivity index (χ0v) is 16.3. The highest BCUT2D eigenvalue weighted by Gasteiger charge is 2.16. The zero-order valence-electron chi connectivity index (χ0n) is 16.3. The van der Waals surface area contributed by atoms with E-state index in [-0.39, 0.29) is 0 Å².